The van der Waals surface area contributed by atoms with Crippen LogP contribution < -0.4 is 5.32 Å². The molecule has 1 aliphatic rings. The Kier molecular flexibility index (Phi) is 4.81. The van der Waals surface area contributed by atoms with Gasteiger partial charge in [-0.05, 0) is 36.6 Å². The van der Waals surface area contributed by atoms with E-state index in [0.717, 1.165) is 12.8 Å². The quantitative estimate of drug-likeness (QED) is 0.662. The fourth-order valence-corrected chi connectivity index (χ4v) is 4.78. The third kappa shape index (κ3) is 3.73. The lowest BCUT2D eigenvalue weighted by atomic mass is 9.96. The van der Waals surface area contributed by atoms with Crippen molar-refractivity contribution in [3.05, 3.63) is 89.9 Å². The first-order valence-electron chi connectivity index (χ1n) is 9.18. The molecule has 4 rings (SSSR count). The van der Waals surface area contributed by atoms with Gasteiger partial charge in [-0.25, -0.2) is 8.42 Å². The standard InChI is InChI=1S/C22H21NO4S/c24-21(23-16-22(12-13-22)18-7-3-1-4-8-18)20-17(11-14-27-20)15-28(25,26)19-9-5-2-6-10-19/h1-11,14H,12-13,15-16H2,(H,23,24). The van der Waals surface area contributed by atoms with Gasteiger partial charge in [-0.3, -0.25) is 4.79 Å². The van der Waals surface area contributed by atoms with E-state index in [9.17, 15) is 13.2 Å². The number of amides is 1. The molecule has 0 atom stereocenters. The van der Waals surface area contributed by atoms with Gasteiger partial charge in [0.25, 0.3) is 5.91 Å². The molecular weight excluding hydrogens is 374 g/mol. The van der Waals surface area contributed by atoms with Crippen LogP contribution in [-0.2, 0) is 21.0 Å². The summed E-state index contributed by atoms with van der Waals surface area (Å²) >= 11 is 0. The van der Waals surface area contributed by atoms with Crippen LogP contribution in [0.25, 0.3) is 0 Å². The fourth-order valence-electron chi connectivity index (χ4n) is 3.40. The van der Waals surface area contributed by atoms with Crippen LogP contribution in [0.4, 0.5) is 0 Å². The zero-order valence-corrected chi connectivity index (χ0v) is 16.1. The monoisotopic (exact) mass is 395 g/mol. The summed E-state index contributed by atoms with van der Waals surface area (Å²) in [6.45, 7) is 0.501. The van der Waals surface area contributed by atoms with E-state index in [1.165, 1.54) is 11.8 Å². The van der Waals surface area contributed by atoms with Crippen molar-refractivity contribution in [3.63, 3.8) is 0 Å². The SMILES string of the molecule is O=C(NCC1(c2ccccc2)CC1)c1occc1CS(=O)(=O)c1ccccc1. The van der Waals surface area contributed by atoms with Gasteiger partial charge in [0, 0.05) is 17.5 Å². The molecule has 1 amide bonds. The number of sulfone groups is 1. The smallest absolute Gasteiger partial charge is 0.287 e. The second-order valence-corrected chi connectivity index (χ2v) is 9.17. The summed E-state index contributed by atoms with van der Waals surface area (Å²) in [4.78, 5) is 12.9. The lowest BCUT2D eigenvalue weighted by Gasteiger charge is -2.16. The van der Waals surface area contributed by atoms with Crippen molar-refractivity contribution in [3.8, 4) is 0 Å². The topological polar surface area (TPSA) is 76.4 Å². The van der Waals surface area contributed by atoms with Gasteiger partial charge in [-0.15, -0.1) is 0 Å². The molecule has 0 spiro atoms. The number of carbonyl (C=O) groups is 1. The molecule has 0 unspecified atom stereocenters. The molecule has 1 aliphatic carbocycles. The Morgan fingerprint density at radius 3 is 2.25 bits per heavy atom. The molecule has 1 heterocycles. The van der Waals surface area contributed by atoms with E-state index in [-0.39, 0.29) is 27.7 Å². The van der Waals surface area contributed by atoms with E-state index < -0.39 is 9.84 Å². The molecule has 0 saturated heterocycles. The Labute approximate surface area is 164 Å². The summed E-state index contributed by atoms with van der Waals surface area (Å²) in [6.07, 6.45) is 3.39. The molecular formula is C22H21NO4S. The molecule has 5 nitrogen and oxygen atoms in total. The zero-order chi connectivity index (χ0) is 19.6. The Morgan fingerprint density at radius 2 is 1.61 bits per heavy atom. The first-order valence-corrected chi connectivity index (χ1v) is 10.8. The number of furan rings is 1. The molecule has 3 aromatic rings. The summed E-state index contributed by atoms with van der Waals surface area (Å²) in [6, 6.07) is 19.9. The highest BCUT2D eigenvalue weighted by Crippen LogP contribution is 2.47. The first-order chi connectivity index (χ1) is 13.5. The van der Waals surface area contributed by atoms with Crippen molar-refractivity contribution < 1.29 is 17.6 Å². The number of hydrogen-bond acceptors (Lipinski definition) is 4. The van der Waals surface area contributed by atoms with Gasteiger partial charge in [0.2, 0.25) is 0 Å². The maximum Gasteiger partial charge on any atom is 0.287 e. The predicted molar refractivity (Wildman–Crippen MR) is 106 cm³/mol. The van der Waals surface area contributed by atoms with Gasteiger partial charge >= 0.3 is 0 Å². The highest BCUT2D eigenvalue weighted by atomic mass is 32.2. The highest BCUT2D eigenvalue weighted by molar-refractivity contribution is 7.90. The van der Waals surface area contributed by atoms with Gasteiger partial charge in [0.05, 0.1) is 16.9 Å². The summed E-state index contributed by atoms with van der Waals surface area (Å²) < 4.78 is 30.5. The second-order valence-electron chi connectivity index (χ2n) is 7.18. The molecule has 0 radical (unpaired) electrons. The average molecular weight is 395 g/mol. The molecule has 28 heavy (non-hydrogen) atoms. The Bertz CT molecular complexity index is 1070. The Morgan fingerprint density at radius 1 is 0.964 bits per heavy atom. The van der Waals surface area contributed by atoms with Gasteiger partial charge < -0.3 is 9.73 Å². The van der Waals surface area contributed by atoms with Gasteiger partial charge in [-0.2, -0.15) is 0 Å². The van der Waals surface area contributed by atoms with Crippen LogP contribution in [-0.4, -0.2) is 20.9 Å². The second kappa shape index (κ2) is 7.28. The normalized spacial score (nSPS) is 15.1. The minimum Gasteiger partial charge on any atom is -0.459 e. The number of rotatable bonds is 7. The van der Waals surface area contributed by atoms with Crippen molar-refractivity contribution >= 4 is 15.7 Å². The van der Waals surface area contributed by atoms with Crippen molar-refractivity contribution in [1.82, 2.24) is 5.32 Å². The molecule has 1 fully saturated rings. The molecule has 2 aromatic carbocycles. The highest BCUT2D eigenvalue weighted by Gasteiger charge is 2.44. The molecule has 6 heteroatoms. The van der Waals surface area contributed by atoms with Crippen LogP contribution >= 0.6 is 0 Å². The lowest BCUT2D eigenvalue weighted by Crippen LogP contribution is -2.32. The summed E-state index contributed by atoms with van der Waals surface area (Å²) in [7, 11) is -3.55. The minimum atomic E-state index is -3.55. The maximum absolute atomic E-state index is 12.7. The average Bonchev–Trinajstić information content (AvgIpc) is 3.39. The van der Waals surface area contributed by atoms with Crippen LogP contribution in [0, 0.1) is 0 Å². The van der Waals surface area contributed by atoms with E-state index >= 15 is 0 Å². The van der Waals surface area contributed by atoms with Crippen molar-refractivity contribution in [2.75, 3.05) is 6.54 Å². The summed E-state index contributed by atoms with van der Waals surface area (Å²) in [5, 5.41) is 2.92. The molecule has 0 aliphatic heterocycles. The molecule has 144 valence electrons. The number of benzene rings is 2. The van der Waals surface area contributed by atoms with Crippen LogP contribution in [0.1, 0.15) is 34.5 Å². The lowest BCUT2D eigenvalue weighted by molar-refractivity contribution is 0.0921. The van der Waals surface area contributed by atoms with Crippen molar-refractivity contribution in [2.45, 2.75) is 28.9 Å². The number of nitrogens with one attached hydrogen (secondary N) is 1. The zero-order valence-electron chi connectivity index (χ0n) is 15.3. The maximum atomic E-state index is 12.7. The predicted octanol–water partition coefficient (Wildman–Crippen LogP) is 3.72. The van der Waals surface area contributed by atoms with Gasteiger partial charge in [0.15, 0.2) is 15.6 Å². The largest absolute Gasteiger partial charge is 0.459 e. The Hall–Kier alpha value is -2.86. The van der Waals surface area contributed by atoms with Crippen molar-refractivity contribution in [1.29, 1.82) is 0 Å². The molecule has 0 bridgehead atoms. The third-order valence-corrected chi connectivity index (χ3v) is 6.91. The molecule has 1 N–H and O–H groups in total. The molecule has 1 saturated carbocycles. The fraction of sp³-hybridized carbons (Fsp3) is 0.227. The van der Waals surface area contributed by atoms with E-state index in [2.05, 4.69) is 17.4 Å². The van der Waals surface area contributed by atoms with Crippen LogP contribution in [0.15, 0.2) is 82.3 Å². The van der Waals surface area contributed by atoms with E-state index in [4.69, 9.17) is 4.42 Å². The van der Waals surface area contributed by atoms with Gasteiger partial charge in [-0.1, -0.05) is 48.5 Å². The first kappa shape index (κ1) is 18.5. The van der Waals surface area contributed by atoms with Gasteiger partial charge in [0.1, 0.15) is 0 Å². The van der Waals surface area contributed by atoms with Crippen LogP contribution in [0.2, 0.25) is 0 Å². The minimum absolute atomic E-state index is 0.0280. The van der Waals surface area contributed by atoms with E-state index in [1.54, 1.807) is 36.4 Å². The number of carbonyl (C=O) groups excluding carboxylic acids is 1. The Balaban J connectivity index is 1.46. The third-order valence-electron chi connectivity index (χ3n) is 5.23. The summed E-state index contributed by atoms with van der Waals surface area (Å²) in [5.41, 5.74) is 1.55. The van der Waals surface area contributed by atoms with Crippen molar-refractivity contribution in [2.24, 2.45) is 0 Å². The van der Waals surface area contributed by atoms with E-state index in [0.29, 0.717) is 12.1 Å². The number of hydrogen-bond donors (Lipinski definition) is 1. The molecule has 1 aromatic heterocycles. The summed E-state index contributed by atoms with van der Waals surface area (Å²) in [5.74, 6) is -0.603. The van der Waals surface area contributed by atoms with Crippen LogP contribution in [0.3, 0.4) is 0 Å². The van der Waals surface area contributed by atoms with Crippen LogP contribution in [0.5, 0.6) is 0 Å². The van der Waals surface area contributed by atoms with E-state index in [1.807, 2.05) is 18.2 Å².